The SMILES string of the molecule is O=C1O[C@H]([C@@H](O)CO)C(OS(=O)(=O)[O-])=C1O.[Na+]. The summed E-state index contributed by atoms with van der Waals surface area (Å²) in [5.74, 6) is -3.64. The first kappa shape index (κ1) is 16.6. The van der Waals surface area contributed by atoms with Crippen LogP contribution in [0.1, 0.15) is 0 Å². The average Bonchev–Trinajstić information content (AvgIpc) is 2.43. The molecule has 1 heterocycles. The third-order valence-electron chi connectivity index (χ3n) is 1.65. The predicted molar refractivity (Wildman–Crippen MR) is 43.4 cm³/mol. The zero-order valence-electron chi connectivity index (χ0n) is 8.56. The van der Waals surface area contributed by atoms with Crippen LogP contribution in [0.15, 0.2) is 11.5 Å². The summed E-state index contributed by atoms with van der Waals surface area (Å²) in [6, 6.07) is 0. The molecule has 17 heavy (non-hydrogen) atoms. The number of esters is 1. The molecule has 0 bridgehead atoms. The van der Waals surface area contributed by atoms with Gasteiger partial charge in [-0.25, -0.2) is 13.2 Å². The van der Waals surface area contributed by atoms with Crippen LogP contribution < -0.4 is 29.6 Å². The molecule has 11 heteroatoms. The molecule has 0 amide bonds. The van der Waals surface area contributed by atoms with Gasteiger partial charge in [0.25, 0.3) is 10.4 Å². The predicted octanol–water partition coefficient (Wildman–Crippen LogP) is -5.48. The number of rotatable bonds is 4. The molecule has 1 aliphatic rings. The smallest absolute Gasteiger partial charge is 0.716 e. The topological polar surface area (TPSA) is 153 Å². The summed E-state index contributed by atoms with van der Waals surface area (Å²) in [7, 11) is -5.23. The molecule has 0 unspecified atom stereocenters. The van der Waals surface area contributed by atoms with Crippen LogP contribution in [0, 0.1) is 0 Å². The molecule has 1 rings (SSSR count). The van der Waals surface area contributed by atoms with Gasteiger partial charge in [0, 0.05) is 0 Å². The third kappa shape index (κ3) is 4.10. The summed E-state index contributed by atoms with van der Waals surface area (Å²) in [6.07, 6.45) is -3.45. The van der Waals surface area contributed by atoms with Gasteiger partial charge in [0.05, 0.1) is 6.61 Å². The largest absolute Gasteiger partial charge is 1.00 e. The molecular formula is C6H7NaO9S. The molecule has 0 radical (unpaired) electrons. The van der Waals surface area contributed by atoms with Crippen LogP contribution in [-0.2, 0) is 24.1 Å². The molecule has 2 atom stereocenters. The maximum Gasteiger partial charge on any atom is 1.00 e. The zero-order chi connectivity index (χ0) is 12.5. The van der Waals surface area contributed by atoms with Crippen molar-refractivity contribution < 1.29 is 71.6 Å². The van der Waals surface area contributed by atoms with E-state index in [2.05, 4.69) is 8.92 Å². The van der Waals surface area contributed by atoms with E-state index >= 15 is 0 Å². The monoisotopic (exact) mass is 278 g/mol. The van der Waals surface area contributed by atoms with Crippen LogP contribution >= 0.6 is 0 Å². The van der Waals surface area contributed by atoms with Crippen molar-refractivity contribution >= 4 is 16.4 Å². The van der Waals surface area contributed by atoms with Gasteiger partial charge in [0.1, 0.15) is 6.10 Å². The fourth-order valence-corrected chi connectivity index (χ4v) is 1.40. The van der Waals surface area contributed by atoms with Gasteiger partial charge in [-0.3, -0.25) is 0 Å². The van der Waals surface area contributed by atoms with E-state index in [1.54, 1.807) is 0 Å². The van der Waals surface area contributed by atoms with Gasteiger partial charge in [-0.2, -0.15) is 0 Å². The number of aliphatic hydroxyl groups excluding tert-OH is 3. The van der Waals surface area contributed by atoms with Crippen molar-refractivity contribution in [2.75, 3.05) is 6.61 Å². The van der Waals surface area contributed by atoms with Crippen molar-refractivity contribution in [2.24, 2.45) is 0 Å². The quantitative estimate of drug-likeness (QED) is 0.198. The first-order valence-electron chi connectivity index (χ1n) is 3.84. The Morgan fingerprint density at radius 1 is 1.53 bits per heavy atom. The van der Waals surface area contributed by atoms with Gasteiger partial charge in [-0.05, 0) is 0 Å². The fraction of sp³-hybridized carbons (Fsp3) is 0.500. The number of cyclic esters (lactones) is 1. The number of aliphatic hydroxyl groups is 3. The minimum absolute atomic E-state index is 0. The molecule has 0 aromatic carbocycles. The molecule has 0 aromatic heterocycles. The van der Waals surface area contributed by atoms with Crippen molar-refractivity contribution in [3.63, 3.8) is 0 Å². The van der Waals surface area contributed by atoms with Crippen molar-refractivity contribution in [1.82, 2.24) is 0 Å². The summed E-state index contributed by atoms with van der Waals surface area (Å²) in [4.78, 5) is 10.8. The molecule has 0 fully saturated rings. The first-order chi connectivity index (χ1) is 7.26. The van der Waals surface area contributed by atoms with Gasteiger partial charge in [-0.15, -0.1) is 0 Å². The molecule has 0 saturated heterocycles. The van der Waals surface area contributed by atoms with Crippen molar-refractivity contribution in [3.05, 3.63) is 11.5 Å². The molecule has 92 valence electrons. The minimum atomic E-state index is -5.23. The fourth-order valence-electron chi connectivity index (χ4n) is 1.01. The van der Waals surface area contributed by atoms with Crippen LogP contribution in [0.2, 0.25) is 0 Å². The Kier molecular flexibility index (Phi) is 5.87. The van der Waals surface area contributed by atoms with E-state index in [-0.39, 0.29) is 29.6 Å². The van der Waals surface area contributed by atoms with E-state index in [4.69, 9.17) is 15.3 Å². The van der Waals surface area contributed by atoms with Gasteiger partial charge >= 0.3 is 35.5 Å². The second-order valence-corrected chi connectivity index (χ2v) is 3.76. The number of hydrogen-bond donors (Lipinski definition) is 3. The Hall–Kier alpha value is -0.360. The van der Waals surface area contributed by atoms with E-state index in [0.717, 1.165) is 0 Å². The normalized spacial score (nSPS) is 21.8. The summed E-state index contributed by atoms with van der Waals surface area (Å²) < 4.78 is 38.8. The molecule has 9 nitrogen and oxygen atoms in total. The Labute approximate surface area is 118 Å². The summed E-state index contributed by atoms with van der Waals surface area (Å²) in [5.41, 5.74) is 0. The molecule has 0 spiro atoms. The van der Waals surface area contributed by atoms with Crippen molar-refractivity contribution in [1.29, 1.82) is 0 Å². The van der Waals surface area contributed by atoms with Crippen LogP contribution in [-0.4, -0.2) is 53.1 Å². The van der Waals surface area contributed by atoms with E-state index in [1.165, 1.54) is 0 Å². The van der Waals surface area contributed by atoms with Crippen molar-refractivity contribution in [2.45, 2.75) is 12.2 Å². The van der Waals surface area contributed by atoms with E-state index in [1.807, 2.05) is 0 Å². The maximum absolute atomic E-state index is 10.8. The maximum atomic E-state index is 10.8. The average molecular weight is 278 g/mol. The molecular weight excluding hydrogens is 271 g/mol. The van der Waals surface area contributed by atoms with Crippen LogP contribution in [0.25, 0.3) is 0 Å². The van der Waals surface area contributed by atoms with Crippen LogP contribution in [0.5, 0.6) is 0 Å². The van der Waals surface area contributed by atoms with Gasteiger partial charge in [-0.1, -0.05) is 0 Å². The Balaban J connectivity index is 0.00000256. The number of carbonyl (C=O) groups is 1. The second-order valence-electron chi connectivity index (χ2n) is 2.78. The summed E-state index contributed by atoms with van der Waals surface area (Å²) in [6.45, 7) is -0.892. The first-order valence-corrected chi connectivity index (χ1v) is 5.18. The second kappa shape index (κ2) is 6.00. The summed E-state index contributed by atoms with van der Waals surface area (Å²) >= 11 is 0. The molecule has 1 aliphatic heterocycles. The molecule has 3 N–H and O–H groups in total. The molecule has 0 aliphatic carbocycles. The van der Waals surface area contributed by atoms with Gasteiger partial charge in [0.15, 0.2) is 6.10 Å². The Bertz CT molecular complexity index is 427. The Morgan fingerprint density at radius 2 is 2.06 bits per heavy atom. The van der Waals surface area contributed by atoms with Gasteiger partial charge < -0.3 is 28.8 Å². The standard InChI is InChI=1S/C6H8O9S.Na/c7-1-2(8)4-5(15-16(11,12)13)3(9)6(10)14-4;/h2,4,7-9H,1H2,(H,11,12,13);/q;+1/p-1/t2-,4+;/m0./s1. The van der Waals surface area contributed by atoms with E-state index < -0.39 is 46.7 Å². The number of hydrogen-bond acceptors (Lipinski definition) is 9. The van der Waals surface area contributed by atoms with Gasteiger partial charge in [0.2, 0.25) is 11.5 Å². The molecule has 0 aromatic rings. The van der Waals surface area contributed by atoms with Crippen LogP contribution in [0.3, 0.4) is 0 Å². The molecule has 0 saturated carbocycles. The van der Waals surface area contributed by atoms with E-state index in [9.17, 15) is 17.8 Å². The van der Waals surface area contributed by atoms with E-state index in [0.29, 0.717) is 0 Å². The minimum Gasteiger partial charge on any atom is -0.716 e. The summed E-state index contributed by atoms with van der Waals surface area (Å²) in [5, 5.41) is 26.7. The van der Waals surface area contributed by atoms with Crippen LogP contribution in [0.4, 0.5) is 0 Å². The third-order valence-corrected chi connectivity index (χ3v) is 2.03. The number of carbonyl (C=O) groups excluding carboxylic acids is 1. The zero-order valence-corrected chi connectivity index (χ0v) is 11.4. The van der Waals surface area contributed by atoms with Crippen molar-refractivity contribution in [3.8, 4) is 0 Å². The Morgan fingerprint density at radius 3 is 2.47 bits per heavy atom. The number of ether oxygens (including phenoxy) is 1.